The van der Waals surface area contributed by atoms with Gasteiger partial charge in [0.2, 0.25) is 11.8 Å². The average molecular weight is 629 g/mol. The van der Waals surface area contributed by atoms with E-state index >= 15 is 0 Å². The van der Waals surface area contributed by atoms with E-state index in [9.17, 15) is 26.3 Å². The van der Waals surface area contributed by atoms with Crippen molar-refractivity contribution in [2.75, 3.05) is 0 Å². The van der Waals surface area contributed by atoms with E-state index in [0.29, 0.717) is 17.5 Å². The molecule has 2 aromatic carbocycles. The zero-order valence-corrected chi connectivity index (χ0v) is 22.3. The number of nitrogens with zero attached hydrogens (tertiary/aromatic N) is 2. The Hall–Kier alpha value is -3.62. The van der Waals surface area contributed by atoms with E-state index in [1.807, 2.05) is 13.0 Å². The summed E-state index contributed by atoms with van der Waals surface area (Å²) in [4.78, 5) is 7.22. The summed E-state index contributed by atoms with van der Waals surface area (Å²) < 4.78 is 85.9. The number of hydrogen-bond acceptors (Lipinski definition) is 6. The zero-order chi connectivity index (χ0) is 29.7. The van der Waals surface area contributed by atoms with Crippen LogP contribution in [-0.2, 0) is 12.4 Å². The molecule has 0 spiro atoms. The molecule has 0 amide bonds. The predicted molar refractivity (Wildman–Crippen MR) is 139 cm³/mol. The summed E-state index contributed by atoms with van der Waals surface area (Å²) in [5.41, 5.74) is 0.228. The van der Waals surface area contributed by atoms with Gasteiger partial charge in [-0.25, -0.2) is 9.97 Å². The number of aryl methyl sites for hydroxylation is 2. The quantitative estimate of drug-likeness (QED) is 0.186. The monoisotopic (exact) mass is 628 g/mol. The third kappa shape index (κ3) is 9.24. The lowest BCUT2D eigenvalue weighted by atomic mass is 9.79. The first-order chi connectivity index (χ1) is 18.6. The molecule has 2 aromatic heterocycles. The van der Waals surface area contributed by atoms with Crippen LogP contribution in [0.1, 0.15) is 22.3 Å². The van der Waals surface area contributed by atoms with E-state index in [-0.39, 0.29) is 23.0 Å². The van der Waals surface area contributed by atoms with Gasteiger partial charge in [-0.3, -0.25) is 0 Å². The van der Waals surface area contributed by atoms with Gasteiger partial charge < -0.3 is 19.5 Å². The molecule has 0 bridgehead atoms. The Kier molecular flexibility index (Phi) is 9.82. The normalized spacial score (nSPS) is 11.4. The second kappa shape index (κ2) is 12.7. The molecule has 210 valence electrons. The molecular formula is C26H20BBrF6N2O4. The number of rotatable bonds is 5. The molecule has 0 aliphatic rings. The minimum Gasteiger partial charge on any atom is -0.439 e. The molecule has 2 heterocycles. The second-order valence-corrected chi connectivity index (χ2v) is 9.30. The predicted octanol–water partition coefficient (Wildman–Crippen LogP) is 6.84. The molecular weight excluding hydrogens is 609 g/mol. The van der Waals surface area contributed by atoms with Gasteiger partial charge in [-0.1, -0.05) is 22.0 Å². The van der Waals surface area contributed by atoms with E-state index < -0.39 is 30.6 Å². The van der Waals surface area contributed by atoms with E-state index in [1.165, 1.54) is 12.1 Å². The van der Waals surface area contributed by atoms with Crippen LogP contribution in [0.4, 0.5) is 26.3 Å². The van der Waals surface area contributed by atoms with Gasteiger partial charge in [-0.2, -0.15) is 26.3 Å². The maximum absolute atomic E-state index is 12.4. The van der Waals surface area contributed by atoms with Gasteiger partial charge in [0.15, 0.2) is 0 Å². The number of pyridine rings is 2. The van der Waals surface area contributed by atoms with Crippen LogP contribution in [0.2, 0.25) is 0 Å². The van der Waals surface area contributed by atoms with Crippen LogP contribution in [0.5, 0.6) is 23.3 Å². The molecule has 0 atom stereocenters. The van der Waals surface area contributed by atoms with Crippen LogP contribution in [0.3, 0.4) is 0 Å². The van der Waals surface area contributed by atoms with Crippen LogP contribution in [-0.4, -0.2) is 27.1 Å². The number of aromatic nitrogens is 2. The van der Waals surface area contributed by atoms with Crippen LogP contribution in [0.25, 0.3) is 0 Å². The van der Waals surface area contributed by atoms with Crippen LogP contribution < -0.4 is 14.9 Å². The van der Waals surface area contributed by atoms with Crippen LogP contribution in [0.15, 0.2) is 77.5 Å². The van der Waals surface area contributed by atoms with Crippen LogP contribution >= 0.6 is 15.9 Å². The Morgan fingerprint density at radius 3 is 1.50 bits per heavy atom. The number of benzene rings is 2. The Morgan fingerprint density at radius 1 is 0.675 bits per heavy atom. The van der Waals surface area contributed by atoms with Crippen molar-refractivity contribution in [2.24, 2.45) is 0 Å². The van der Waals surface area contributed by atoms with Gasteiger partial charge in [0.1, 0.15) is 11.5 Å². The molecule has 4 rings (SSSR count). The molecule has 0 aliphatic heterocycles. The topological polar surface area (TPSA) is 84.7 Å². The first-order valence-electron chi connectivity index (χ1n) is 11.3. The molecule has 14 heteroatoms. The van der Waals surface area contributed by atoms with Gasteiger partial charge in [-0.15, -0.1) is 0 Å². The van der Waals surface area contributed by atoms with Crippen molar-refractivity contribution in [3.63, 3.8) is 0 Å². The van der Waals surface area contributed by atoms with Gasteiger partial charge in [0.05, 0.1) is 11.1 Å². The molecule has 0 fully saturated rings. The fraction of sp³-hybridized carbons (Fsp3) is 0.154. The van der Waals surface area contributed by atoms with Crippen molar-refractivity contribution in [3.8, 4) is 23.3 Å². The third-order valence-corrected chi connectivity index (χ3v) is 5.42. The summed E-state index contributed by atoms with van der Waals surface area (Å²) >= 11 is 3.31. The lowest BCUT2D eigenvalue weighted by molar-refractivity contribution is -0.138. The molecule has 0 unspecified atom stereocenters. The lowest BCUT2D eigenvalue weighted by Gasteiger charge is -2.10. The number of hydrogen-bond donors (Lipinski definition) is 2. The SMILES string of the molecule is Cc1cc(Br)cc(Oc2ccc(C(F)(F)F)cn2)c1.Cc1cc(Oc2ccc(C(F)(F)F)cn2)cc(B(O)O)c1. The fourth-order valence-electron chi connectivity index (χ4n) is 3.20. The highest BCUT2D eigenvalue weighted by atomic mass is 79.9. The third-order valence-electron chi connectivity index (χ3n) is 4.96. The molecule has 2 N–H and O–H groups in total. The maximum Gasteiger partial charge on any atom is 0.488 e. The van der Waals surface area contributed by atoms with E-state index in [2.05, 4.69) is 25.9 Å². The van der Waals surface area contributed by atoms with Crippen molar-refractivity contribution in [2.45, 2.75) is 26.2 Å². The standard InChI is InChI=1S/C13H11BF3NO3.C13H9BrF3NO/c1-8-4-10(14(19)20)6-11(5-8)21-12-3-2-9(7-18-12)13(15,16)17;1-8-4-10(14)6-11(5-8)19-12-3-2-9(7-18-12)13(15,16)17/h2-7,19-20H,1H3;2-7H,1H3. The first kappa shape index (κ1) is 30.9. The minimum atomic E-state index is -4.46. The Balaban J connectivity index is 0.000000222. The van der Waals surface area contributed by atoms with Crippen molar-refractivity contribution in [1.29, 1.82) is 0 Å². The Bertz CT molecular complexity index is 1410. The second-order valence-electron chi connectivity index (χ2n) is 8.39. The highest BCUT2D eigenvalue weighted by Gasteiger charge is 2.31. The molecule has 0 aliphatic carbocycles. The van der Waals surface area contributed by atoms with E-state index in [0.717, 1.165) is 34.4 Å². The summed E-state index contributed by atoms with van der Waals surface area (Å²) in [5, 5.41) is 18.2. The highest BCUT2D eigenvalue weighted by Crippen LogP contribution is 2.31. The van der Waals surface area contributed by atoms with Crippen LogP contribution in [0, 0.1) is 13.8 Å². The Labute approximate surface area is 233 Å². The van der Waals surface area contributed by atoms with Crippen molar-refractivity contribution in [3.05, 3.63) is 99.8 Å². The van der Waals surface area contributed by atoms with E-state index in [1.54, 1.807) is 31.2 Å². The van der Waals surface area contributed by atoms with Crippen molar-refractivity contribution >= 4 is 28.5 Å². The fourth-order valence-corrected chi connectivity index (χ4v) is 3.79. The number of ether oxygens (including phenoxy) is 2. The molecule has 0 radical (unpaired) electrons. The molecule has 6 nitrogen and oxygen atoms in total. The first-order valence-corrected chi connectivity index (χ1v) is 12.1. The molecule has 0 saturated heterocycles. The summed E-state index contributed by atoms with van der Waals surface area (Å²) in [6.45, 7) is 3.61. The van der Waals surface area contributed by atoms with Gasteiger partial charge >= 0.3 is 19.5 Å². The largest absolute Gasteiger partial charge is 0.488 e. The van der Waals surface area contributed by atoms with Gasteiger partial charge in [0.25, 0.3) is 0 Å². The van der Waals surface area contributed by atoms with E-state index in [4.69, 9.17) is 19.5 Å². The average Bonchev–Trinajstić information content (AvgIpc) is 2.83. The summed E-state index contributed by atoms with van der Waals surface area (Å²) in [6.07, 6.45) is -7.42. The van der Waals surface area contributed by atoms with Crippen molar-refractivity contribution < 1.29 is 45.9 Å². The number of alkyl halides is 6. The highest BCUT2D eigenvalue weighted by molar-refractivity contribution is 9.10. The smallest absolute Gasteiger partial charge is 0.439 e. The number of halogens is 7. The zero-order valence-electron chi connectivity index (χ0n) is 20.8. The lowest BCUT2D eigenvalue weighted by Crippen LogP contribution is -2.29. The molecule has 4 aromatic rings. The Morgan fingerprint density at radius 2 is 1.12 bits per heavy atom. The maximum atomic E-state index is 12.4. The minimum absolute atomic E-state index is 0.0213. The summed E-state index contributed by atoms with van der Waals surface area (Å²) in [7, 11) is -1.66. The molecule has 0 saturated carbocycles. The van der Waals surface area contributed by atoms with Crippen molar-refractivity contribution in [1.82, 2.24) is 9.97 Å². The summed E-state index contributed by atoms with van der Waals surface area (Å²) in [6, 6.07) is 14.0. The van der Waals surface area contributed by atoms with Gasteiger partial charge in [-0.05, 0) is 72.9 Å². The molecule has 40 heavy (non-hydrogen) atoms. The van der Waals surface area contributed by atoms with Gasteiger partial charge in [0, 0.05) is 29.0 Å². The summed E-state index contributed by atoms with van der Waals surface area (Å²) in [5.74, 6) is 0.863.